The zero-order valence-corrected chi connectivity index (χ0v) is 18.4. The van der Waals surface area contributed by atoms with Gasteiger partial charge in [0.2, 0.25) is 5.95 Å². The minimum absolute atomic E-state index is 0.0530. The van der Waals surface area contributed by atoms with E-state index < -0.39 is 6.23 Å². The molecule has 4 rings (SSSR count). The van der Waals surface area contributed by atoms with Crippen molar-refractivity contribution in [2.24, 2.45) is 0 Å². The first-order valence-corrected chi connectivity index (χ1v) is 11.4. The lowest BCUT2D eigenvalue weighted by Crippen LogP contribution is -2.30. The van der Waals surface area contributed by atoms with E-state index in [-0.39, 0.29) is 12.6 Å². The van der Waals surface area contributed by atoms with E-state index in [4.69, 9.17) is 27.2 Å². The zero-order valence-electron chi connectivity index (χ0n) is 16.8. The number of aliphatic hydroxyl groups excluding tert-OH is 2. The van der Waals surface area contributed by atoms with Crippen LogP contribution in [0.5, 0.6) is 0 Å². The van der Waals surface area contributed by atoms with Crippen LogP contribution in [0.4, 0.5) is 5.95 Å². The Morgan fingerprint density at radius 1 is 1.23 bits per heavy atom. The third-order valence-corrected chi connectivity index (χ3v) is 6.22. The fraction of sp³-hybridized carbons (Fsp3) is 0.381. The number of thioether (sulfide) groups is 1. The first kappa shape index (κ1) is 22.2. The van der Waals surface area contributed by atoms with Gasteiger partial charge in [-0.2, -0.15) is 9.97 Å². The fourth-order valence-corrected chi connectivity index (χ4v) is 4.72. The van der Waals surface area contributed by atoms with E-state index in [1.807, 2.05) is 18.2 Å². The molecule has 164 valence electrons. The van der Waals surface area contributed by atoms with Gasteiger partial charge in [0.25, 0.3) is 0 Å². The summed E-state index contributed by atoms with van der Waals surface area (Å²) in [4.78, 5) is 13.2. The Balaban J connectivity index is 1.56. The molecule has 10 heteroatoms. The van der Waals surface area contributed by atoms with E-state index in [0.29, 0.717) is 42.2 Å². The number of ether oxygens (including phenoxy) is 1. The second-order valence-electron chi connectivity index (χ2n) is 7.21. The van der Waals surface area contributed by atoms with Crippen LogP contribution in [0.1, 0.15) is 24.0 Å². The molecule has 0 bridgehead atoms. The number of nitrogens with one attached hydrogen (secondary N) is 1. The molecule has 1 unspecified atom stereocenters. The van der Waals surface area contributed by atoms with Gasteiger partial charge in [0, 0.05) is 24.3 Å². The normalized spacial score (nSPS) is 14.2. The number of nitrogen functional groups attached to an aromatic ring is 1. The number of hydrogen-bond donors (Lipinski definition) is 4. The maximum Gasteiger partial charge on any atom is 0.224 e. The molecule has 1 atom stereocenters. The van der Waals surface area contributed by atoms with Crippen LogP contribution in [0, 0.1) is 0 Å². The molecule has 0 saturated heterocycles. The second-order valence-corrected chi connectivity index (χ2v) is 8.68. The molecule has 1 aliphatic rings. The lowest BCUT2D eigenvalue weighted by Gasteiger charge is -2.20. The van der Waals surface area contributed by atoms with Gasteiger partial charge in [-0.25, -0.2) is 4.98 Å². The van der Waals surface area contributed by atoms with Gasteiger partial charge in [-0.3, -0.25) is 5.32 Å². The number of anilines is 1. The predicted octanol–water partition coefficient (Wildman–Crippen LogP) is 2.73. The van der Waals surface area contributed by atoms with E-state index in [1.54, 1.807) is 0 Å². The highest BCUT2D eigenvalue weighted by Gasteiger charge is 2.21. The molecular formula is C21H24ClN5O3S. The maximum atomic E-state index is 9.59. The van der Waals surface area contributed by atoms with Crippen LogP contribution in [0.3, 0.4) is 0 Å². The molecule has 1 aromatic heterocycles. The van der Waals surface area contributed by atoms with Crippen LogP contribution in [-0.4, -0.2) is 50.3 Å². The quantitative estimate of drug-likeness (QED) is 0.216. The third-order valence-electron chi connectivity index (χ3n) is 4.99. The molecular weight excluding hydrogens is 438 g/mol. The zero-order chi connectivity index (χ0) is 21.8. The topological polar surface area (TPSA) is 126 Å². The van der Waals surface area contributed by atoms with Crippen molar-refractivity contribution >= 4 is 40.1 Å². The number of halogens is 1. The summed E-state index contributed by atoms with van der Waals surface area (Å²) < 4.78 is 5.66. The van der Waals surface area contributed by atoms with Gasteiger partial charge in [0.1, 0.15) is 6.23 Å². The number of aliphatic hydroxyl groups is 2. The average Bonchev–Trinajstić information content (AvgIpc) is 2.73. The van der Waals surface area contributed by atoms with Gasteiger partial charge in [0.05, 0.1) is 18.2 Å². The van der Waals surface area contributed by atoms with Gasteiger partial charge >= 0.3 is 0 Å². The van der Waals surface area contributed by atoms with E-state index >= 15 is 0 Å². The molecule has 2 aromatic carbocycles. The van der Waals surface area contributed by atoms with Crippen molar-refractivity contribution in [3.63, 3.8) is 0 Å². The summed E-state index contributed by atoms with van der Waals surface area (Å²) in [6, 6.07) is 7.97. The molecule has 1 aliphatic heterocycles. The largest absolute Gasteiger partial charge is 0.396 e. The number of aromatic nitrogens is 3. The van der Waals surface area contributed by atoms with Crippen LogP contribution in [-0.2, 0) is 18.0 Å². The Kier molecular flexibility index (Phi) is 7.21. The summed E-state index contributed by atoms with van der Waals surface area (Å²) in [7, 11) is 0. The van der Waals surface area contributed by atoms with Gasteiger partial charge in [0.15, 0.2) is 11.0 Å². The Bertz CT molecular complexity index is 1080. The molecule has 0 amide bonds. The maximum absolute atomic E-state index is 9.59. The smallest absolute Gasteiger partial charge is 0.224 e. The Morgan fingerprint density at radius 2 is 2.06 bits per heavy atom. The van der Waals surface area contributed by atoms with Crippen LogP contribution in [0.15, 0.2) is 29.4 Å². The molecule has 0 fully saturated rings. The van der Waals surface area contributed by atoms with Crippen LogP contribution in [0.25, 0.3) is 22.2 Å². The molecule has 5 N–H and O–H groups in total. The molecule has 3 aromatic rings. The van der Waals surface area contributed by atoms with Gasteiger partial charge in [-0.15, -0.1) is 0 Å². The van der Waals surface area contributed by atoms with Crippen molar-refractivity contribution < 1.29 is 14.9 Å². The summed E-state index contributed by atoms with van der Waals surface area (Å²) in [5, 5.41) is 24.5. The second kappa shape index (κ2) is 10.1. The molecule has 0 aliphatic carbocycles. The number of benzene rings is 2. The van der Waals surface area contributed by atoms with Crippen molar-refractivity contribution in [2.75, 3.05) is 24.6 Å². The first-order valence-electron chi connectivity index (χ1n) is 10.0. The monoisotopic (exact) mass is 461 g/mol. The highest BCUT2D eigenvalue weighted by molar-refractivity contribution is 7.99. The highest BCUT2D eigenvalue weighted by Crippen LogP contribution is 2.39. The van der Waals surface area contributed by atoms with E-state index in [0.717, 1.165) is 39.6 Å². The average molecular weight is 462 g/mol. The van der Waals surface area contributed by atoms with Crippen molar-refractivity contribution in [2.45, 2.75) is 37.4 Å². The van der Waals surface area contributed by atoms with Crippen molar-refractivity contribution in [3.05, 3.63) is 40.4 Å². The minimum atomic E-state index is -0.699. The predicted molar refractivity (Wildman–Crippen MR) is 122 cm³/mol. The Labute approximate surface area is 189 Å². The number of nitrogens with zero attached hydrogens (tertiary/aromatic N) is 3. The van der Waals surface area contributed by atoms with Crippen LogP contribution in [0.2, 0.25) is 5.02 Å². The lowest BCUT2D eigenvalue weighted by molar-refractivity contribution is 0.103. The molecule has 0 spiro atoms. The fourth-order valence-electron chi connectivity index (χ4n) is 3.62. The molecule has 0 radical (unpaired) electrons. The van der Waals surface area contributed by atoms with Crippen molar-refractivity contribution in [1.29, 1.82) is 0 Å². The SMILES string of the molecule is Nc1nc(SCCCNC(O)CCO)nc(-c2c(Cl)cc3c4c(cccc24)COC3)n1. The Hall–Kier alpha value is -2.01. The highest BCUT2D eigenvalue weighted by atomic mass is 35.5. The lowest BCUT2D eigenvalue weighted by atomic mass is 9.94. The van der Waals surface area contributed by atoms with Gasteiger partial charge < -0.3 is 20.7 Å². The van der Waals surface area contributed by atoms with E-state index in [9.17, 15) is 5.11 Å². The van der Waals surface area contributed by atoms with Crippen molar-refractivity contribution in [1.82, 2.24) is 20.3 Å². The number of hydrogen-bond acceptors (Lipinski definition) is 9. The summed E-state index contributed by atoms with van der Waals surface area (Å²) in [5.41, 5.74) is 8.90. The number of nitrogens with two attached hydrogens (primary N) is 1. The van der Waals surface area contributed by atoms with E-state index in [1.165, 1.54) is 11.8 Å². The summed E-state index contributed by atoms with van der Waals surface area (Å²) >= 11 is 8.12. The van der Waals surface area contributed by atoms with E-state index in [2.05, 4.69) is 26.3 Å². The van der Waals surface area contributed by atoms with Gasteiger partial charge in [-0.1, -0.05) is 41.6 Å². The molecule has 0 saturated carbocycles. The minimum Gasteiger partial charge on any atom is -0.396 e. The summed E-state index contributed by atoms with van der Waals surface area (Å²) in [6.07, 6.45) is 0.396. The molecule has 2 heterocycles. The van der Waals surface area contributed by atoms with Crippen molar-refractivity contribution in [3.8, 4) is 11.4 Å². The molecule has 31 heavy (non-hydrogen) atoms. The first-order chi connectivity index (χ1) is 15.1. The summed E-state index contributed by atoms with van der Waals surface area (Å²) in [6.45, 7) is 1.65. The van der Waals surface area contributed by atoms with Crippen LogP contribution < -0.4 is 11.1 Å². The molecule has 8 nitrogen and oxygen atoms in total. The summed E-state index contributed by atoms with van der Waals surface area (Å²) in [5.74, 6) is 1.33. The standard InChI is InChI=1S/C21H24ClN5O3S/c22-15-9-13-11-30-10-12-3-1-4-14(17(12)13)18(15)19-25-20(23)27-21(26-19)31-8-2-6-24-16(29)5-7-28/h1,3-4,9,16,24,28-29H,2,5-8,10-11H2,(H2,23,25,26,27). The van der Waals surface area contributed by atoms with Crippen LogP contribution >= 0.6 is 23.4 Å². The number of rotatable bonds is 9. The third kappa shape index (κ3) is 5.08. The Morgan fingerprint density at radius 3 is 2.90 bits per heavy atom. The van der Waals surface area contributed by atoms with Gasteiger partial charge in [-0.05, 0) is 40.9 Å².